The van der Waals surface area contributed by atoms with Crippen LogP contribution in [0.25, 0.3) is 0 Å². The highest BCUT2D eigenvalue weighted by Gasteiger charge is 2.13. The van der Waals surface area contributed by atoms with Gasteiger partial charge in [-0.15, -0.1) is 0 Å². The van der Waals surface area contributed by atoms with Crippen molar-refractivity contribution in [3.8, 4) is 23.0 Å². The smallest absolute Gasteiger partial charge is 0.160 e. The second kappa shape index (κ2) is 8.62. The van der Waals surface area contributed by atoms with Crippen molar-refractivity contribution in [2.24, 2.45) is 0 Å². The van der Waals surface area contributed by atoms with E-state index in [0.29, 0.717) is 11.5 Å². The lowest BCUT2D eigenvalue weighted by molar-refractivity contribution is 0.00940. The highest BCUT2D eigenvalue weighted by Crippen LogP contribution is 2.28. The molecule has 2 aromatic carbocycles. The van der Waals surface area contributed by atoms with Gasteiger partial charge in [-0.3, -0.25) is 0 Å². The molecule has 25 heavy (non-hydrogen) atoms. The van der Waals surface area contributed by atoms with Gasteiger partial charge in [-0.1, -0.05) is 12.1 Å². The zero-order valence-corrected chi connectivity index (χ0v) is 15.2. The molecule has 5 nitrogen and oxygen atoms in total. The van der Waals surface area contributed by atoms with Gasteiger partial charge in [-0.05, 0) is 62.1 Å². The SMILES string of the molecule is COc1cc(CC(C)OC(C)Cc2ccc(O)c(OC)c2)ccc1O. The number of methoxy groups -OCH3 is 2. The molecule has 2 N–H and O–H groups in total. The third-order valence-corrected chi connectivity index (χ3v) is 4.00. The number of hydrogen-bond acceptors (Lipinski definition) is 5. The highest BCUT2D eigenvalue weighted by molar-refractivity contribution is 5.42. The van der Waals surface area contributed by atoms with E-state index in [2.05, 4.69) is 0 Å². The number of phenolic OH excluding ortho intramolecular Hbond substituents is 2. The van der Waals surface area contributed by atoms with Gasteiger partial charge in [0.2, 0.25) is 0 Å². The molecule has 0 heterocycles. The molecule has 0 saturated carbocycles. The summed E-state index contributed by atoms with van der Waals surface area (Å²) in [5, 5.41) is 19.3. The van der Waals surface area contributed by atoms with Crippen LogP contribution in [0, 0.1) is 0 Å². The van der Waals surface area contributed by atoms with E-state index in [1.165, 1.54) is 14.2 Å². The van der Waals surface area contributed by atoms with Crippen molar-refractivity contribution in [2.75, 3.05) is 14.2 Å². The fraction of sp³-hybridized carbons (Fsp3) is 0.400. The van der Waals surface area contributed by atoms with Crippen LogP contribution in [0.4, 0.5) is 0 Å². The first-order chi connectivity index (χ1) is 11.9. The van der Waals surface area contributed by atoms with E-state index in [0.717, 1.165) is 24.0 Å². The Bertz CT molecular complexity index is 639. The Morgan fingerprint density at radius 2 is 1.16 bits per heavy atom. The van der Waals surface area contributed by atoms with Crippen LogP contribution in [0.15, 0.2) is 36.4 Å². The summed E-state index contributed by atoms with van der Waals surface area (Å²) < 4.78 is 16.3. The van der Waals surface area contributed by atoms with Crippen LogP contribution in [-0.4, -0.2) is 36.6 Å². The van der Waals surface area contributed by atoms with E-state index < -0.39 is 0 Å². The summed E-state index contributed by atoms with van der Waals surface area (Å²) in [5.41, 5.74) is 2.08. The lowest BCUT2D eigenvalue weighted by Gasteiger charge is -2.20. The van der Waals surface area contributed by atoms with Crippen LogP contribution in [0.3, 0.4) is 0 Å². The van der Waals surface area contributed by atoms with Crippen LogP contribution in [0.2, 0.25) is 0 Å². The van der Waals surface area contributed by atoms with Gasteiger partial charge in [0.15, 0.2) is 23.0 Å². The Labute approximate surface area is 148 Å². The third kappa shape index (κ3) is 5.29. The van der Waals surface area contributed by atoms with Crippen LogP contribution < -0.4 is 9.47 Å². The van der Waals surface area contributed by atoms with Crippen molar-refractivity contribution in [1.82, 2.24) is 0 Å². The number of benzene rings is 2. The quantitative estimate of drug-likeness (QED) is 0.763. The summed E-state index contributed by atoms with van der Waals surface area (Å²) >= 11 is 0. The van der Waals surface area contributed by atoms with Gasteiger partial charge >= 0.3 is 0 Å². The second-order valence-corrected chi connectivity index (χ2v) is 6.18. The maximum Gasteiger partial charge on any atom is 0.160 e. The molecule has 0 aromatic heterocycles. The van der Waals surface area contributed by atoms with Crippen molar-refractivity contribution in [2.45, 2.75) is 38.9 Å². The van der Waals surface area contributed by atoms with Crippen molar-refractivity contribution < 1.29 is 24.4 Å². The molecule has 0 aliphatic rings. The van der Waals surface area contributed by atoms with Gasteiger partial charge in [0, 0.05) is 0 Å². The molecular weight excluding hydrogens is 320 g/mol. The summed E-state index contributed by atoms with van der Waals surface area (Å²) in [6.07, 6.45) is 1.48. The predicted octanol–water partition coefficient (Wildman–Crippen LogP) is 3.69. The first-order valence-electron chi connectivity index (χ1n) is 8.30. The molecule has 0 amide bonds. The lowest BCUT2D eigenvalue weighted by Crippen LogP contribution is -2.21. The number of phenols is 2. The molecule has 2 rings (SSSR count). The number of hydrogen-bond donors (Lipinski definition) is 2. The Kier molecular flexibility index (Phi) is 6.53. The first-order valence-corrected chi connectivity index (χ1v) is 8.30. The summed E-state index contributed by atoms with van der Waals surface area (Å²) in [4.78, 5) is 0. The molecule has 0 spiro atoms. The van der Waals surface area contributed by atoms with Gasteiger partial charge in [0.1, 0.15) is 0 Å². The van der Waals surface area contributed by atoms with Gasteiger partial charge in [0.05, 0.1) is 26.4 Å². The van der Waals surface area contributed by atoms with Crippen LogP contribution in [-0.2, 0) is 17.6 Å². The summed E-state index contributed by atoms with van der Waals surface area (Å²) in [5.74, 6) is 1.20. The van der Waals surface area contributed by atoms with Gasteiger partial charge in [-0.25, -0.2) is 0 Å². The average Bonchev–Trinajstić information content (AvgIpc) is 2.58. The minimum atomic E-state index is 0.0169. The molecule has 0 fully saturated rings. The molecule has 2 atom stereocenters. The van der Waals surface area contributed by atoms with Crippen molar-refractivity contribution in [1.29, 1.82) is 0 Å². The van der Waals surface area contributed by atoms with E-state index in [-0.39, 0.29) is 23.7 Å². The molecule has 2 unspecified atom stereocenters. The Morgan fingerprint density at radius 3 is 1.52 bits per heavy atom. The molecule has 0 saturated heterocycles. The second-order valence-electron chi connectivity index (χ2n) is 6.18. The topological polar surface area (TPSA) is 68.2 Å². The third-order valence-electron chi connectivity index (χ3n) is 4.00. The van der Waals surface area contributed by atoms with Crippen molar-refractivity contribution >= 4 is 0 Å². The van der Waals surface area contributed by atoms with Crippen molar-refractivity contribution in [3.63, 3.8) is 0 Å². The maximum atomic E-state index is 9.66. The van der Waals surface area contributed by atoms with Crippen molar-refractivity contribution in [3.05, 3.63) is 47.5 Å². The number of aromatic hydroxyl groups is 2. The van der Waals surface area contributed by atoms with Crippen LogP contribution >= 0.6 is 0 Å². The molecule has 0 bridgehead atoms. The zero-order valence-electron chi connectivity index (χ0n) is 15.2. The van der Waals surface area contributed by atoms with E-state index in [4.69, 9.17) is 14.2 Å². The molecule has 0 radical (unpaired) electrons. The van der Waals surface area contributed by atoms with Crippen LogP contribution in [0.5, 0.6) is 23.0 Å². The van der Waals surface area contributed by atoms with E-state index in [1.54, 1.807) is 12.1 Å². The van der Waals surface area contributed by atoms with E-state index in [1.807, 2.05) is 38.1 Å². The lowest BCUT2D eigenvalue weighted by atomic mass is 10.1. The predicted molar refractivity (Wildman–Crippen MR) is 96.7 cm³/mol. The molecule has 136 valence electrons. The van der Waals surface area contributed by atoms with Gasteiger partial charge < -0.3 is 24.4 Å². The maximum absolute atomic E-state index is 9.66. The van der Waals surface area contributed by atoms with Gasteiger partial charge in [0.25, 0.3) is 0 Å². The Balaban J connectivity index is 1.92. The summed E-state index contributed by atoms with van der Waals surface area (Å²) in [6, 6.07) is 10.6. The minimum Gasteiger partial charge on any atom is -0.504 e. The standard InChI is InChI=1S/C20H26O5/c1-13(9-15-5-7-17(21)19(11-15)23-3)25-14(2)10-16-6-8-18(22)20(12-16)24-4/h5-8,11-14,21-22H,9-10H2,1-4H3. The number of rotatable bonds is 8. The fourth-order valence-corrected chi connectivity index (χ4v) is 2.85. The van der Waals surface area contributed by atoms with E-state index in [9.17, 15) is 10.2 Å². The summed E-state index contributed by atoms with van der Waals surface area (Å²) in [6.45, 7) is 4.04. The normalized spacial score (nSPS) is 13.3. The average molecular weight is 346 g/mol. The summed E-state index contributed by atoms with van der Waals surface area (Å²) in [7, 11) is 3.07. The minimum absolute atomic E-state index is 0.0169. The zero-order chi connectivity index (χ0) is 18.4. The monoisotopic (exact) mass is 346 g/mol. The van der Waals surface area contributed by atoms with Crippen LogP contribution in [0.1, 0.15) is 25.0 Å². The van der Waals surface area contributed by atoms with E-state index >= 15 is 0 Å². The number of ether oxygens (including phenoxy) is 3. The molecule has 0 aliphatic heterocycles. The largest absolute Gasteiger partial charge is 0.504 e. The Hall–Kier alpha value is -2.40. The first kappa shape index (κ1) is 18.9. The van der Waals surface area contributed by atoms with Gasteiger partial charge in [-0.2, -0.15) is 0 Å². The Morgan fingerprint density at radius 1 is 0.760 bits per heavy atom. The highest BCUT2D eigenvalue weighted by atomic mass is 16.5. The molecule has 0 aliphatic carbocycles. The molecule has 2 aromatic rings. The fourth-order valence-electron chi connectivity index (χ4n) is 2.85. The molecular formula is C20H26O5. The molecule has 5 heteroatoms.